The second kappa shape index (κ2) is 4.63. The van der Waals surface area contributed by atoms with Crippen molar-refractivity contribution in [3.63, 3.8) is 0 Å². The van der Waals surface area contributed by atoms with Gasteiger partial charge in [-0.25, -0.2) is 4.79 Å². The van der Waals surface area contributed by atoms with E-state index in [1.54, 1.807) is 24.3 Å². The Morgan fingerprint density at radius 3 is 3.06 bits per heavy atom. The van der Waals surface area contributed by atoms with Gasteiger partial charge in [-0.1, -0.05) is 0 Å². The molecule has 0 aliphatic carbocycles. The number of nitrogen functional groups attached to an aromatic ring is 1. The van der Waals surface area contributed by atoms with Crippen LogP contribution in [0.2, 0.25) is 0 Å². The highest BCUT2D eigenvalue weighted by Gasteiger charge is 2.12. The zero-order chi connectivity index (χ0) is 13.1. The second-order valence-electron chi connectivity index (χ2n) is 3.62. The Hall–Kier alpha value is -2.75. The molecule has 1 amide bonds. The number of benzene rings is 1. The van der Waals surface area contributed by atoms with Crippen LogP contribution in [0.3, 0.4) is 0 Å². The van der Waals surface area contributed by atoms with Crippen LogP contribution in [0.1, 0.15) is 0 Å². The number of nitriles is 1. The molecule has 0 radical (unpaired) electrons. The van der Waals surface area contributed by atoms with Crippen LogP contribution in [-0.4, -0.2) is 17.0 Å². The van der Waals surface area contributed by atoms with Gasteiger partial charge in [0.05, 0.1) is 11.6 Å². The minimum absolute atomic E-state index is 0.106. The molecule has 0 aliphatic heterocycles. The van der Waals surface area contributed by atoms with E-state index in [0.29, 0.717) is 16.8 Å². The first-order chi connectivity index (χ1) is 8.61. The molecule has 0 spiro atoms. The maximum Gasteiger partial charge on any atom is 0.420 e. The van der Waals surface area contributed by atoms with Gasteiger partial charge in [0.25, 0.3) is 0 Å². The summed E-state index contributed by atoms with van der Waals surface area (Å²) in [5.41, 5.74) is 6.89. The number of nitrogens with zero attached hydrogens (tertiary/aromatic N) is 2. The number of carbonyl (C=O) groups is 1. The predicted molar refractivity (Wildman–Crippen MR) is 63.5 cm³/mol. The van der Waals surface area contributed by atoms with Gasteiger partial charge in [0, 0.05) is 5.69 Å². The second-order valence-corrected chi connectivity index (χ2v) is 3.62. The van der Waals surface area contributed by atoms with E-state index in [0.717, 1.165) is 0 Å². The number of rotatable bonds is 3. The van der Waals surface area contributed by atoms with E-state index >= 15 is 0 Å². The molecule has 0 saturated heterocycles. The van der Waals surface area contributed by atoms with E-state index < -0.39 is 11.7 Å². The number of anilines is 1. The zero-order valence-corrected chi connectivity index (χ0v) is 9.34. The first-order valence-electron chi connectivity index (χ1n) is 5.14. The molecule has 0 aliphatic rings. The fourth-order valence-corrected chi connectivity index (χ4v) is 1.57. The van der Waals surface area contributed by atoms with Crippen molar-refractivity contribution in [2.24, 2.45) is 0 Å². The largest absolute Gasteiger partial charge is 0.420 e. The summed E-state index contributed by atoms with van der Waals surface area (Å²) in [7, 11) is 0. The average Bonchev–Trinajstić information content (AvgIpc) is 2.63. The Kier molecular flexibility index (Phi) is 3.02. The molecule has 0 saturated carbocycles. The Morgan fingerprint density at radius 2 is 2.33 bits per heavy atom. The van der Waals surface area contributed by atoms with Gasteiger partial charge in [-0.05, 0) is 18.2 Å². The highest BCUT2D eigenvalue weighted by atomic mass is 16.4. The number of carbonyl (C=O) groups excluding carboxylic acids is 1. The van der Waals surface area contributed by atoms with E-state index in [1.807, 2.05) is 0 Å². The summed E-state index contributed by atoms with van der Waals surface area (Å²) in [6.45, 7) is -0.317. The Morgan fingerprint density at radius 1 is 1.56 bits per heavy atom. The summed E-state index contributed by atoms with van der Waals surface area (Å²) in [5.74, 6) is -1.08. The molecule has 1 aromatic carbocycles. The fraction of sp³-hybridized carbons (Fsp3) is 0.182. The zero-order valence-electron chi connectivity index (χ0n) is 9.34. The summed E-state index contributed by atoms with van der Waals surface area (Å²) < 4.78 is 6.13. The third-order valence-corrected chi connectivity index (χ3v) is 2.36. The van der Waals surface area contributed by atoms with E-state index in [9.17, 15) is 9.59 Å². The SMILES string of the molecule is N#CCNC(=O)Cn1c(=O)oc2ccc(N)cc21. The van der Waals surface area contributed by atoms with Crippen molar-refractivity contribution >= 4 is 22.7 Å². The van der Waals surface area contributed by atoms with E-state index in [-0.39, 0.29) is 13.1 Å². The Labute approximate surface area is 101 Å². The van der Waals surface area contributed by atoms with Crippen LogP contribution in [0, 0.1) is 11.3 Å². The summed E-state index contributed by atoms with van der Waals surface area (Å²) in [6.07, 6.45) is 0. The number of fused-ring (bicyclic) bond motifs is 1. The Bertz CT molecular complexity index is 692. The van der Waals surface area contributed by atoms with Crippen LogP contribution in [0.25, 0.3) is 11.1 Å². The standard InChI is InChI=1S/C11H10N4O3/c12-3-4-14-10(16)6-15-8-5-7(13)1-2-9(8)18-11(15)17/h1-2,5H,4,6,13H2,(H,14,16). The van der Waals surface area contributed by atoms with Gasteiger partial charge in [0.15, 0.2) is 5.58 Å². The third-order valence-electron chi connectivity index (χ3n) is 2.36. The van der Waals surface area contributed by atoms with Crippen molar-refractivity contribution in [1.82, 2.24) is 9.88 Å². The van der Waals surface area contributed by atoms with Crippen LogP contribution in [0.15, 0.2) is 27.4 Å². The number of nitrogens with one attached hydrogen (secondary N) is 1. The number of oxazole rings is 1. The van der Waals surface area contributed by atoms with E-state index in [1.165, 1.54) is 4.57 Å². The van der Waals surface area contributed by atoms with Gasteiger partial charge >= 0.3 is 5.76 Å². The smallest absolute Gasteiger partial charge is 0.408 e. The third kappa shape index (κ3) is 2.17. The minimum atomic E-state index is -0.636. The van der Waals surface area contributed by atoms with Crippen molar-refractivity contribution in [1.29, 1.82) is 5.26 Å². The average molecular weight is 246 g/mol. The molecule has 0 fully saturated rings. The number of hydrogen-bond donors (Lipinski definition) is 2. The molecule has 1 aromatic heterocycles. The lowest BCUT2D eigenvalue weighted by Gasteiger charge is -2.02. The topological polar surface area (TPSA) is 114 Å². The van der Waals surface area contributed by atoms with Gasteiger partial charge in [0.2, 0.25) is 5.91 Å². The van der Waals surface area contributed by atoms with Crippen LogP contribution < -0.4 is 16.8 Å². The van der Waals surface area contributed by atoms with Crippen molar-refractivity contribution in [3.8, 4) is 6.07 Å². The van der Waals surface area contributed by atoms with Gasteiger partial charge < -0.3 is 15.5 Å². The van der Waals surface area contributed by atoms with Crippen LogP contribution in [0.5, 0.6) is 0 Å². The quantitative estimate of drug-likeness (QED) is 0.575. The maximum absolute atomic E-state index is 11.6. The van der Waals surface area contributed by atoms with E-state index in [2.05, 4.69) is 5.32 Å². The molecule has 7 nitrogen and oxygen atoms in total. The van der Waals surface area contributed by atoms with Crippen LogP contribution in [0.4, 0.5) is 5.69 Å². The number of hydrogen-bond acceptors (Lipinski definition) is 5. The molecule has 1 heterocycles. The maximum atomic E-state index is 11.6. The van der Waals surface area contributed by atoms with Crippen molar-refractivity contribution in [2.45, 2.75) is 6.54 Å². The minimum Gasteiger partial charge on any atom is -0.408 e. The van der Waals surface area contributed by atoms with Gasteiger partial charge in [-0.15, -0.1) is 0 Å². The summed E-state index contributed by atoms with van der Waals surface area (Å²) in [6, 6.07) is 6.50. The monoisotopic (exact) mass is 246 g/mol. The molecule has 7 heteroatoms. The van der Waals surface area contributed by atoms with Crippen LogP contribution >= 0.6 is 0 Å². The van der Waals surface area contributed by atoms with Gasteiger partial charge in [-0.3, -0.25) is 9.36 Å². The highest BCUT2D eigenvalue weighted by Crippen LogP contribution is 2.15. The van der Waals surface area contributed by atoms with Crippen molar-refractivity contribution in [2.75, 3.05) is 12.3 Å². The van der Waals surface area contributed by atoms with Crippen molar-refractivity contribution in [3.05, 3.63) is 28.7 Å². The number of nitrogens with two attached hydrogens (primary N) is 1. The lowest BCUT2D eigenvalue weighted by Crippen LogP contribution is -2.30. The normalized spacial score (nSPS) is 10.2. The van der Waals surface area contributed by atoms with Gasteiger partial charge in [-0.2, -0.15) is 5.26 Å². The number of amides is 1. The molecule has 18 heavy (non-hydrogen) atoms. The molecule has 0 bridgehead atoms. The summed E-state index contributed by atoms with van der Waals surface area (Å²) in [4.78, 5) is 23.0. The highest BCUT2D eigenvalue weighted by molar-refractivity contribution is 5.81. The molecule has 0 atom stereocenters. The first kappa shape index (κ1) is 11.7. The molecule has 92 valence electrons. The first-order valence-corrected chi connectivity index (χ1v) is 5.14. The molecule has 0 unspecified atom stereocenters. The van der Waals surface area contributed by atoms with Gasteiger partial charge in [0.1, 0.15) is 13.1 Å². The lowest BCUT2D eigenvalue weighted by atomic mass is 10.3. The fourth-order valence-electron chi connectivity index (χ4n) is 1.57. The molecule has 2 rings (SSSR count). The summed E-state index contributed by atoms with van der Waals surface area (Å²) >= 11 is 0. The van der Waals surface area contributed by atoms with E-state index in [4.69, 9.17) is 15.4 Å². The Balaban J connectivity index is 2.36. The predicted octanol–water partition coefficient (Wildman–Crippen LogP) is -0.184. The lowest BCUT2D eigenvalue weighted by molar-refractivity contribution is -0.121. The van der Waals surface area contributed by atoms with Crippen molar-refractivity contribution < 1.29 is 9.21 Å². The molecule has 3 N–H and O–H groups in total. The van der Waals surface area contributed by atoms with Crippen LogP contribution in [-0.2, 0) is 11.3 Å². The summed E-state index contributed by atoms with van der Waals surface area (Å²) in [5, 5.41) is 10.7. The molecular weight excluding hydrogens is 236 g/mol. The molecule has 2 aromatic rings. The molecular formula is C11H10N4O3. The number of aromatic nitrogens is 1.